The number of aliphatic hydroxyl groups is 3. The third kappa shape index (κ3) is 3.22. The van der Waals surface area contributed by atoms with Gasteiger partial charge in [0, 0.05) is 17.2 Å². The first-order valence-corrected chi connectivity index (χ1v) is 11.3. The minimum atomic E-state index is -2.64. The van der Waals surface area contributed by atoms with Crippen molar-refractivity contribution in [2.45, 2.75) is 36.8 Å². The van der Waals surface area contributed by atoms with E-state index in [2.05, 4.69) is 17.9 Å². The Morgan fingerprint density at radius 2 is 1.91 bits per heavy atom. The van der Waals surface area contributed by atoms with Crippen molar-refractivity contribution in [3.63, 3.8) is 0 Å². The summed E-state index contributed by atoms with van der Waals surface area (Å²) in [4.78, 5) is 40.3. The number of anilines is 1. The maximum atomic E-state index is 13.5. The lowest BCUT2D eigenvalue weighted by Gasteiger charge is -2.50. The molecule has 1 aromatic carbocycles. The fourth-order valence-electron chi connectivity index (χ4n) is 5.61. The minimum absolute atomic E-state index is 0.0390. The number of likely N-dealkylation sites (N-methyl/N-ethyl adjacent to an activating group) is 1. The van der Waals surface area contributed by atoms with Crippen LogP contribution in [0.1, 0.15) is 29.3 Å². The number of benzene rings is 1. The number of phenols is 1. The Bertz CT molecular complexity index is 1190. The molecule has 3 aliphatic rings. The van der Waals surface area contributed by atoms with Gasteiger partial charge in [0.2, 0.25) is 5.78 Å². The van der Waals surface area contributed by atoms with Gasteiger partial charge in [0.05, 0.1) is 17.0 Å². The molecule has 0 aromatic heterocycles. The molecule has 0 spiro atoms. The van der Waals surface area contributed by atoms with Crippen LogP contribution in [0.2, 0.25) is 0 Å². The normalized spacial score (nSPS) is 29.5. The van der Waals surface area contributed by atoms with Crippen molar-refractivity contribution in [3.05, 3.63) is 45.9 Å². The summed E-state index contributed by atoms with van der Waals surface area (Å²) >= 11 is 4.33. The molecule has 0 aliphatic heterocycles. The van der Waals surface area contributed by atoms with Crippen LogP contribution < -0.4 is 11.1 Å². The molecule has 0 radical (unpaired) electrons. The minimum Gasteiger partial charge on any atom is -0.510 e. The predicted molar refractivity (Wildman–Crippen MR) is 126 cm³/mol. The standard InChI is InChI=1S/C23H27N3O7S/c1-8(34)25-12-4-5-13(27)15-10(12)6-9-7-11-17(26(2)3)19(29)16(22(24)32)21(31)23(11,33)20(30)14(9)18(15)28/h4-5,8-9,11,17,25,27,29-30,33-34H,6-7H2,1-3H3,(H2,24,32)/t8?,9?,11?,17-,23-/m0/s1. The second kappa shape index (κ2) is 8.03. The Morgan fingerprint density at radius 1 is 1.26 bits per heavy atom. The van der Waals surface area contributed by atoms with E-state index >= 15 is 0 Å². The molecule has 10 nitrogen and oxygen atoms in total. The van der Waals surface area contributed by atoms with Crippen LogP contribution in [0.3, 0.4) is 0 Å². The Morgan fingerprint density at radius 3 is 2.47 bits per heavy atom. The van der Waals surface area contributed by atoms with E-state index in [0.717, 1.165) is 0 Å². The molecule has 11 heteroatoms. The van der Waals surface area contributed by atoms with Crippen molar-refractivity contribution in [3.8, 4) is 5.75 Å². The van der Waals surface area contributed by atoms with Gasteiger partial charge in [-0.1, -0.05) is 0 Å². The molecule has 3 aliphatic carbocycles. The van der Waals surface area contributed by atoms with Crippen LogP contribution in [0.25, 0.3) is 0 Å². The summed E-state index contributed by atoms with van der Waals surface area (Å²) in [5, 5.41) is 46.9. The average Bonchev–Trinajstić information content (AvgIpc) is 2.72. The number of amides is 1. The summed E-state index contributed by atoms with van der Waals surface area (Å²) in [6.07, 6.45) is 0.253. The average molecular weight is 490 g/mol. The molecule has 0 saturated heterocycles. The fraction of sp³-hybridized carbons (Fsp3) is 0.435. The van der Waals surface area contributed by atoms with E-state index in [9.17, 15) is 34.8 Å². The zero-order valence-corrected chi connectivity index (χ0v) is 19.8. The molecular weight excluding hydrogens is 462 g/mol. The van der Waals surface area contributed by atoms with E-state index in [0.29, 0.717) is 11.3 Å². The summed E-state index contributed by atoms with van der Waals surface area (Å²) in [5.74, 6) is -6.70. The van der Waals surface area contributed by atoms with Crippen LogP contribution in [-0.2, 0) is 16.0 Å². The molecular formula is C23H27N3O7S. The van der Waals surface area contributed by atoms with Gasteiger partial charge in [-0.25, -0.2) is 0 Å². The van der Waals surface area contributed by atoms with Crippen molar-refractivity contribution in [1.82, 2.24) is 4.90 Å². The first-order valence-electron chi connectivity index (χ1n) is 10.8. The number of hydrogen-bond acceptors (Lipinski definition) is 10. The molecule has 0 bridgehead atoms. The van der Waals surface area contributed by atoms with Crippen molar-refractivity contribution >= 4 is 35.8 Å². The van der Waals surface area contributed by atoms with E-state index in [1.807, 2.05) is 0 Å². The lowest BCUT2D eigenvalue weighted by Crippen LogP contribution is -2.63. The lowest BCUT2D eigenvalue weighted by molar-refractivity contribution is -0.148. The molecule has 0 fully saturated rings. The lowest BCUT2D eigenvalue weighted by atomic mass is 9.58. The number of primary amides is 1. The Hall–Kier alpha value is -3.02. The largest absolute Gasteiger partial charge is 0.510 e. The van der Waals surface area contributed by atoms with Gasteiger partial charge in [-0.05, 0) is 57.5 Å². The summed E-state index contributed by atoms with van der Waals surface area (Å²) in [7, 11) is 3.17. The number of fused-ring (bicyclic) bond motifs is 3. The first kappa shape index (κ1) is 24.1. The number of aromatic hydroxyl groups is 1. The van der Waals surface area contributed by atoms with Gasteiger partial charge in [0.1, 0.15) is 22.8 Å². The molecule has 1 amide bonds. The van der Waals surface area contributed by atoms with E-state index in [1.165, 1.54) is 11.0 Å². The summed E-state index contributed by atoms with van der Waals surface area (Å²) in [6.45, 7) is 1.80. The highest BCUT2D eigenvalue weighted by atomic mass is 32.1. The van der Waals surface area contributed by atoms with Gasteiger partial charge in [-0.2, -0.15) is 12.6 Å². The molecule has 182 valence electrons. The summed E-state index contributed by atoms with van der Waals surface area (Å²) < 4.78 is 0. The molecule has 4 rings (SSSR count). The van der Waals surface area contributed by atoms with Gasteiger partial charge in [0.25, 0.3) is 5.91 Å². The number of ketones is 2. The monoisotopic (exact) mass is 489 g/mol. The maximum absolute atomic E-state index is 13.5. The Balaban J connectivity index is 1.95. The zero-order valence-electron chi connectivity index (χ0n) is 18.9. The Labute approximate surface area is 201 Å². The van der Waals surface area contributed by atoms with Gasteiger partial charge in [0.15, 0.2) is 11.4 Å². The van der Waals surface area contributed by atoms with Crippen molar-refractivity contribution in [2.24, 2.45) is 17.6 Å². The number of nitrogens with two attached hydrogens (primary N) is 1. The SMILES string of the molecule is CC(S)Nc1ccc(O)c2c1CC1CC3[C@H](N(C)C)C(O)=C(C(N)=O)C(=O)[C@@]3(O)C(O)=C1C2=O. The van der Waals surface area contributed by atoms with Crippen molar-refractivity contribution < 1.29 is 34.8 Å². The van der Waals surface area contributed by atoms with E-state index in [-0.39, 0.29) is 35.1 Å². The van der Waals surface area contributed by atoms with E-state index < -0.39 is 58.0 Å². The van der Waals surface area contributed by atoms with Crippen LogP contribution >= 0.6 is 12.6 Å². The van der Waals surface area contributed by atoms with Gasteiger partial charge >= 0.3 is 0 Å². The van der Waals surface area contributed by atoms with Crippen molar-refractivity contribution in [2.75, 3.05) is 19.4 Å². The number of aliphatic hydroxyl groups excluding tert-OH is 2. The number of allylic oxidation sites excluding steroid dienone is 1. The van der Waals surface area contributed by atoms with Crippen LogP contribution in [-0.4, -0.2) is 73.9 Å². The number of thiol groups is 1. The molecule has 0 saturated carbocycles. The summed E-state index contributed by atoms with van der Waals surface area (Å²) in [6, 6.07) is 1.94. The van der Waals surface area contributed by atoms with Crippen LogP contribution in [0.4, 0.5) is 5.69 Å². The van der Waals surface area contributed by atoms with E-state index in [1.54, 1.807) is 27.1 Å². The third-order valence-electron chi connectivity index (χ3n) is 6.97. The molecule has 5 atom stereocenters. The maximum Gasteiger partial charge on any atom is 0.255 e. The van der Waals surface area contributed by atoms with Crippen LogP contribution in [0.5, 0.6) is 5.75 Å². The molecule has 7 N–H and O–H groups in total. The quantitative estimate of drug-likeness (QED) is 0.140. The second-order valence-electron chi connectivity index (χ2n) is 9.27. The highest BCUT2D eigenvalue weighted by Gasteiger charge is 2.63. The predicted octanol–water partition coefficient (Wildman–Crippen LogP) is 0.808. The number of nitrogens with one attached hydrogen (secondary N) is 1. The second-order valence-corrected chi connectivity index (χ2v) is 10.0. The van der Waals surface area contributed by atoms with Crippen LogP contribution in [0, 0.1) is 11.8 Å². The zero-order chi connectivity index (χ0) is 25.3. The number of nitrogens with zero attached hydrogens (tertiary/aromatic N) is 1. The third-order valence-corrected chi connectivity index (χ3v) is 7.10. The topological polar surface area (TPSA) is 173 Å². The molecule has 34 heavy (non-hydrogen) atoms. The highest BCUT2D eigenvalue weighted by molar-refractivity contribution is 7.81. The smallest absolute Gasteiger partial charge is 0.255 e. The summed E-state index contributed by atoms with van der Waals surface area (Å²) in [5.41, 5.74) is 2.73. The number of carbonyl (C=O) groups excluding carboxylic acids is 3. The Kier molecular flexibility index (Phi) is 5.70. The number of rotatable bonds is 4. The first-order chi connectivity index (χ1) is 15.8. The number of Topliss-reactive ketones (excluding diaryl/α,β-unsaturated/α-hetero) is 2. The van der Waals surface area contributed by atoms with E-state index in [4.69, 9.17) is 5.73 Å². The van der Waals surface area contributed by atoms with Gasteiger partial charge in [-0.3, -0.25) is 19.3 Å². The number of phenolic OH excluding ortho intramolecular Hbond substituents is 1. The van der Waals surface area contributed by atoms with Crippen molar-refractivity contribution in [1.29, 1.82) is 0 Å². The van der Waals surface area contributed by atoms with Crippen LogP contribution in [0.15, 0.2) is 34.8 Å². The van der Waals surface area contributed by atoms with Gasteiger partial charge in [-0.15, -0.1) is 0 Å². The highest BCUT2D eigenvalue weighted by Crippen LogP contribution is 2.52. The number of carbonyl (C=O) groups is 3. The molecule has 1 aromatic rings. The molecule has 0 heterocycles. The number of hydrogen-bond donors (Lipinski definition) is 7. The molecule has 3 unspecified atom stereocenters. The fourth-order valence-corrected chi connectivity index (χ4v) is 5.75. The van der Waals surface area contributed by atoms with Gasteiger partial charge < -0.3 is 31.5 Å².